The molecular formula is C14H20ClN. The van der Waals surface area contributed by atoms with Crippen LogP contribution in [0.4, 0.5) is 5.69 Å². The highest BCUT2D eigenvalue weighted by Gasteiger charge is 2.15. The average molecular weight is 238 g/mol. The van der Waals surface area contributed by atoms with Gasteiger partial charge in [-0.1, -0.05) is 31.4 Å². The number of alkyl halides is 1. The van der Waals surface area contributed by atoms with Gasteiger partial charge in [0.1, 0.15) is 0 Å². The highest BCUT2D eigenvalue weighted by atomic mass is 35.5. The standard InChI is InChI=1S/C14H20ClN/c1-16(11-15)14-9-7-13(8-10-14)12-5-3-2-4-6-12/h7-10,12H,2-6,11H2,1H3. The summed E-state index contributed by atoms with van der Waals surface area (Å²) in [7, 11) is 2.02. The summed E-state index contributed by atoms with van der Waals surface area (Å²) in [4.78, 5) is 2.05. The van der Waals surface area contributed by atoms with Gasteiger partial charge < -0.3 is 4.90 Å². The minimum atomic E-state index is 0.544. The number of anilines is 1. The van der Waals surface area contributed by atoms with Crippen molar-refractivity contribution in [2.45, 2.75) is 38.0 Å². The zero-order valence-corrected chi connectivity index (χ0v) is 10.7. The number of rotatable bonds is 3. The molecule has 0 radical (unpaired) electrons. The summed E-state index contributed by atoms with van der Waals surface area (Å²) in [6.07, 6.45) is 6.95. The summed E-state index contributed by atoms with van der Waals surface area (Å²) < 4.78 is 0. The van der Waals surface area contributed by atoms with E-state index in [0.29, 0.717) is 6.00 Å². The van der Waals surface area contributed by atoms with Crippen molar-refractivity contribution >= 4 is 17.3 Å². The summed E-state index contributed by atoms with van der Waals surface area (Å²) in [5.41, 5.74) is 2.71. The quantitative estimate of drug-likeness (QED) is 0.558. The molecule has 16 heavy (non-hydrogen) atoms. The fraction of sp³-hybridized carbons (Fsp3) is 0.571. The van der Waals surface area contributed by atoms with Gasteiger partial charge in [-0.2, -0.15) is 0 Å². The van der Waals surface area contributed by atoms with Gasteiger partial charge >= 0.3 is 0 Å². The number of benzene rings is 1. The number of hydrogen-bond donors (Lipinski definition) is 0. The van der Waals surface area contributed by atoms with E-state index in [1.165, 1.54) is 43.4 Å². The topological polar surface area (TPSA) is 3.24 Å². The maximum absolute atomic E-state index is 5.80. The Labute approximate surface area is 103 Å². The van der Waals surface area contributed by atoms with Crippen LogP contribution in [-0.2, 0) is 0 Å². The van der Waals surface area contributed by atoms with Gasteiger partial charge in [0.25, 0.3) is 0 Å². The minimum Gasteiger partial charge on any atom is -0.361 e. The molecule has 0 aromatic heterocycles. The fourth-order valence-electron chi connectivity index (χ4n) is 2.51. The third-order valence-corrected chi connectivity index (χ3v) is 3.95. The number of nitrogens with zero attached hydrogens (tertiary/aromatic N) is 1. The van der Waals surface area contributed by atoms with Gasteiger partial charge in [-0.05, 0) is 36.5 Å². The van der Waals surface area contributed by atoms with Crippen LogP contribution in [0.1, 0.15) is 43.6 Å². The predicted octanol–water partition coefficient (Wildman–Crippen LogP) is 4.37. The zero-order chi connectivity index (χ0) is 11.4. The van der Waals surface area contributed by atoms with E-state index in [-0.39, 0.29) is 0 Å². The molecule has 1 aromatic carbocycles. The Bertz CT molecular complexity index is 314. The molecule has 0 amide bonds. The molecule has 1 aliphatic carbocycles. The fourth-order valence-corrected chi connectivity index (χ4v) is 2.64. The van der Waals surface area contributed by atoms with Crippen LogP contribution in [0.5, 0.6) is 0 Å². The van der Waals surface area contributed by atoms with Gasteiger partial charge in [0, 0.05) is 12.7 Å². The third-order valence-electron chi connectivity index (χ3n) is 3.59. The molecule has 1 aromatic rings. The number of halogens is 1. The van der Waals surface area contributed by atoms with Crippen LogP contribution in [0.25, 0.3) is 0 Å². The third kappa shape index (κ3) is 2.70. The van der Waals surface area contributed by atoms with Crippen molar-refractivity contribution in [3.05, 3.63) is 29.8 Å². The highest BCUT2D eigenvalue weighted by Crippen LogP contribution is 2.33. The van der Waals surface area contributed by atoms with Crippen LogP contribution >= 0.6 is 11.6 Å². The average Bonchev–Trinajstić information content (AvgIpc) is 2.39. The van der Waals surface area contributed by atoms with E-state index >= 15 is 0 Å². The van der Waals surface area contributed by atoms with E-state index in [2.05, 4.69) is 24.3 Å². The van der Waals surface area contributed by atoms with Crippen LogP contribution in [-0.4, -0.2) is 13.1 Å². The first-order valence-corrected chi connectivity index (χ1v) is 6.72. The number of hydrogen-bond acceptors (Lipinski definition) is 1. The second kappa shape index (κ2) is 5.58. The SMILES string of the molecule is CN(CCl)c1ccc(C2CCCCC2)cc1. The van der Waals surface area contributed by atoms with E-state index in [0.717, 1.165) is 5.92 Å². The molecule has 0 aliphatic heterocycles. The zero-order valence-electron chi connectivity index (χ0n) is 9.95. The second-order valence-electron chi connectivity index (χ2n) is 4.74. The molecule has 0 heterocycles. The lowest BCUT2D eigenvalue weighted by Crippen LogP contribution is -2.14. The molecule has 0 unspecified atom stereocenters. The molecule has 1 fully saturated rings. The lowest BCUT2D eigenvalue weighted by atomic mass is 9.84. The lowest BCUT2D eigenvalue weighted by Gasteiger charge is -2.23. The van der Waals surface area contributed by atoms with Gasteiger partial charge in [0.2, 0.25) is 0 Å². The van der Waals surface area contributed by atoms with E-state index < -0.39 is 0 Å². The smallest absolute Gasteiger partial charge is 0.0925 e. The van der Waals surface area contributed by atoms with Crippen molar-refractivity contribution in [1.82, 2.24) is 0 Å². The Kier molecular flexibility index (Phi) is 4.11. The molecule has 1 saturated carbocycles. The summed E-state index contributed by atoms with van der Waals surface area (Å²) in [6, 6.07) is 9.46. The summed E-state index contributed by atoms with van der Waals surface area (Å²) in [5, 5.41) is 0. The molecule has 2 rings (SSSR count). The van der Waals surface area contributed by atoms with Gasteiger partial charge in [-0.25, -0.2) is 0 Å². The maximum atomic E-state index is 5.80. The minimum absolute atomic E-state index is 0.544. The Hall–Kier alpha value is -0.690. The van der Waals surface area contributed by atoms with E-state index in [4.69, 9.17) is 11.6 Å². The maximum Gasteiger partial charge on any atom is 0.0925 e. The summed E-state index contributed by atoms with van der Waals surface area (Å²) >= 11 is 5.80. The van der Waals surface area contributed by atoms with E-state index in [1.807, 2.05) is 11.9 Å². The molecule has 2 heteroatoms. The van der Waals surface area contributed by atoms with Crippen LogP contribution in [0.3, 0.4) is 0 Å². The molecule has 1 aliphatic rings. The molecule has 0 N–H and O–H groups in total. The van der Waals surface area contributed by atoms with Gasteiger partial charge in [-0.15, -0.1) is 11.6 Å². The van der Waals surface area contributed by atoms with Crippen LogP contribution < -0.4 is 4.90 Å². The van der Waals surface area contributed by atoms with Crippen LogP contribution in [0, 0.1) is 0 Å². The monoisotopic (exact) mass is 237 g/mol. The Morgan fingerprint density at radius 3 is 2.31 bits per heavy atom. The molecule has 1 nitrogen and oxygen atoms in total. The molecule has 0 spiro atoms. The normalized spacial score (nSPS) is 17.4. The molecule has 0 atom stereocenters. The van der Waals surface area contributed by atoms with Gasteiger partial charge in [0.05, 0.1) is 6.00 Å². The summed E-state index contributed by atoms with van der Waals surface area (Å²) in [5.74, 6) is 0.795. The molecule has 0 saturated heterocycles. The van der Waals surface area contributed by atoms with Crippen molar-refractivity contribution in [2.75, 3.05) is 18.0 Å². The molecule has 0 bridgehead atoms. The van der Waals surface area contributed by atoms with Crippen molar-refractivity contribution in [3.8, 4) is 0 Å². The highest BCUT2D eigenvalue weighted by molar-refractivity contribution is 6.18. The van der Waals surface area contributed by atoms with Gasteiger partial charge in [0.15, 0.2) is 0 Å². The van der Waals surface area contributed by atoms with Crippen LogP contribution in [0.15, 0.2) is 24.3 Å². The first kappa shape index (κ1) is 11.8. The van der Waals surface area contributed by atoms with Crippen molar-refractivity contribution in [1.29, 1.82) is 0 Å². The Morgan fingerprint density at radius 1 is 1.12 bits per heavy atom. The van der Waals surface area contributed by atoms with Crippen molar-refractivity contribution < 1.29 is 0 Å². The predicted molar refractivity (Wildman–Crippen MR) is 71.4 cm³/mol. The van der Waals surface area contributed by atoms with E-state index in [1.54, 1.807) is 0 Å². The Morgan fingerprint density at radius 2 is 1.75 bits per heavy atom. The van der Waals surface area contributed by atoms with Crippen LogP contribution in [0.2, 0.25) is 0 Å². The van der Waals surface area contributed by atoms with Gasteiger partial charge in [-0.3, -0.25) is 0 Å². The van der Waals surface area contributed by atoms with E-state index in [9.17, 15) is 0 Å². The Balaban J connectivity index is 2.06. The largest absolute Gasteiger partial charge is 0.361 e. The second-order valence-corrected chi connectivity index (χ2v) is 4.98. The molecular weight excluding hydrogens is 218 g/mol. The summed E-state index contributed by atoms with van der Waals surface area (Å²) in [6.45, 7) is 0. The first-order valence-electron chi connectivity index (χ1n) is 6.18. The first-order chi connectivity index (χ1) is 7.81. The molecule has 88 valence electrons. The van der Waals surface area contributed by atoms with Crippen molar-refractivity contribution in [2.24, 2.45) is 0 Å². The lowest BCUT2D eigenvalue weighted by molar-refractivity contribution is 0.443. The van der Waals surface area contributed by atoms with Crippen molar-refractivity contribution in [3.63, 3.8) is 0 Å².